The largest absolute Gasteiger partial charge is 0.497 e. The van der Waals surface area contributed by atoms with Crippen molar-refractivity contribution in [3.63, 3.8) is 0 Å². The summed E-state index contributed by atoms with van der Waals surface area (Å²) >= 11 is 1.27. The fraction of sp³-hybridized carbons (Fsp3) is 0.312. The quantitative estimate of drug-likeness (QED) is 0.882. The molecule has 0 unspecified atom stereocenters. The molecular weight excluding hydrogens is 314 g/mol. The lowest BCUT2D eigenvalue weighted by Gasteiger charge is -2.12. The van der Waals surface area contributed by atoms with E-state index in [1.165, 1.54) is 18.4 Å². The van der Waals surface area contributed by atoms with Crippen LogP contribution in [0.3, 0.4) is 0 Å². The molecule has 0 saturated heterocycles. The van der Waals surface area contributed by atoms with E-state index in [0.717, 1.165) is 12.8 Å². The van der Waals surface area contributed by atoms with Gasteiger partial charge in [0.05, 0.1) is 29.6 Å². The minimum absolute atomic E-state index is 0.206. The van der Waals surface area contributed by atoms with Crippen molar-refractivity contribution in [3.8, 4) is 5.75 Å². The number of aryl methyl sites for hydroxylation is 1. The van der Waals surface area contributed by atoms with Crippen LogP contribution in [0.1, 0.15) is 38.6 Å². The predicted octanol–water partition coefficient (Wildman–Crippen LogP) is 2.60. The van der Waals surface area contributed by atoms with Gasteiger partial charge in [0.15, 0.2) is 0 Å². The second-order valence-electron chi connectivity index (χ2n) is 5.38. The summed E-state index contributed by atoms with van der Waals surface area (Å²) < 4.78 is 5.18. The van der Waals surface area contributed by atoms with Crippen molar-refractivity contribution in [2.75, 3.05) is 12.4 Å². The number of nitrogens with zero attached hydrogens (tertiary/aromatic N) is 1. The van der Waals surface area contributed by atoms with Crippen LogP contribution in [0, 0.1) is 6.92 Å². The van der Waals surface area contributed by atoms with Gasteiger partial charge in [-0.1, -0.05) is 0 Å². The number of benzene rings is 1. The Morgan fingerprint density at radius 1 is 1.30 bits per heavy atom. The molecule has 0 bridgehead atoms. The maximum absolute atomic E-state index is 12.4. The zero-order valence-electron chi connectivity index (χ0n) is 12.9. The van der Waals surface area contributed by atoms with Crippen LogP contribution in [0.4, 0.5) is 5.69 Å². The Hall–Kier alpha value is -2.41. The van der Waals surface area contributed by atoms with Crippen molar-refractivity contribution in [2.45, 2.75) is 25.8 Å². The number of methoxy groups -OCH3 is 1. The predicted molar refractivity (Wildman–Crippen MR) is 88.3 cm³/mol. The maximum Gasteiger partial charge on any atom is 0.267 e. The van der Waals surface area contributed by atoms with Crippen molar-refractivity contribution in [1.82, 2.24) is 10.3 Å². The van der Waals surface area contributed by atoms with Gasteiger partial charge in [-0.15, -0.1) is 11.3 Å². The van der Waals surface area contributed by atoms with Crippen molar-refractivity contribution < 1.29 is 14.3 Å². The lowest BCUT2D eigenvalue weighted by Crippen LogP contribution is -2.27. The molecular formula is C16H17N3O3S. The number of amides is 2. The molecule has 1 aromatic heterocycles. The molecule has 120 valence electrons. The molecule has 6 nitrogen and oxygen atoms in total. The molecule has 2 amide bonds. The number of carbonyl (C=O) groups is 2. The molecule has 1 aliphatic rings. The molecule has 23 heavy (non-hydrogen) atoms. The normalized spacial score (nSPS) is 13.5. The first-order valence-electron chi connectivity index (χ1n) is 7.29. The fourth-order valence-electron chi connectivity index (χ4n) is 2.14. The Labute approximate surface area is 137 Å². The Bertz CT molecular complexity index is 753. The van der Waals surface area contributed by atoms with Crippen molar-refractivity contribution >= 4 is 28.8 Å². The summed E-state index contributed by atoms with van der Waals surface area (Å²) in [7, 11) is 1.54. The Balaban J connectivity index is 1.86. The summed E-state index contributed by atoms with van der Waals surface area (Å²) in [4.78, 5) is 29.4. The highest BCUT2D eigenvalue weighted by Crippen LogP contribution is 2.26. The van der Waals surface area contributed by atoms with E-state index < -0.39 is 0 Å². The summed E-state index contributed by atoms with van der Waals surface area (Å²) in [6, 6.07) is 5.26. The van der Waals surface area contributed by atoms with Crippen LogP contribution in [-0.2, 0) is 0 Å². The van der Waals surface area contributed by atoms with Crippen LogP contribution in [0.2, 0.25) is 0 Å². The Kier molecular flexibility index (Phi) is 4.29. The second-order valence-corrected chi connectivity index (χ2v) is 6.24. The van der Waals surface area contributed by atoms with E-state index in [-0.39, 0.29) is 17.9 Å². The smallest absolute Gasteiger partial charge is 0.267 e. The van der Waals surface area contributed by atoms with Gasteiger partial charge in [-0.25, -0.2) is 4.98 Å². The van der Waals surface area contributed by atoms with Gasteiger partial charge in [0.1, 0.15) is 10.6 Å². The molecule has 0 aliphatic heterocycles. The molecule has 0 radical (unpaired) electrons. The van der Waals surface area contributed by atoms with Gasteiger partial charge in [-0.05, 0) is 38.0 Å². The van der Waals surface area contributed by atoms with E-state index in [0.29, 0.717) is 27.6 Å². The van der Waals surface area contributed by atoms with Crippen LogP contribution in [0.5, 0.6) is 5.75 Å². The molecule has 1 aliphatic carbocycles. The molecule has 1 saturated carbocycles. The van der Waals surface area contributed by atoms with Gasteiger partial charge in [-0.3, -0.25) is 9.59 Å². The van der Waals surface area contributed by atoms with Gasteiger partial charge < -0.3 is 15.4 Å². The lowest BCUT2D eigenvalue weighted by atomic mass is 10.1. The van der Waals surface area contributed by atoms with Gasteiger partial charge in [0.25, 0.3) is 11.8 Å². The van der Waals surface area contributed by atoms with E-state index in [1.54, 1.807) is 30.6 Å². The van der Waals surface area contributed by atoms with Gasteiger partial charge in [0, 0.05) is 6.04 Å². The summed E-state index contributed by atoms with van der Waals surface area (Å²) in [6.07, 6.45) is 1.99. The number of hydrogen-bond donors (Lipinski definition) is 2. The summed E-state index contributed by atoms with van der Waals surface area (Å²) in [5.41, 5.74) is 3.15. The molecule has 1 heterocycles. The van der Waals surface area contributed by atoms with Gasteiger partial charge in [-0.2, -0.15) is 0 Å². The minimum Gasteiger partial charge on any atom is -0.497 e. The highest BCUT2D eigenvalue weighted by atomic mass is 32.1. The Morgan fingerprint density at radius 3 is 2.70 bits per heavy atom. The summed E-state index contributed by atoms with van der Waals surface area (Å²) in [5, 5.41) is 5.72. The Morgan fingerprint density at radius 2 is 2.09 bits per heavy atom. The number of ether oxygens (including phenoxy) is 1. The zero-order chi connectivity index (χ0) is 16.4. The number of anilines is 1. The van der Waals surface area contributed by atoms with Crippen LogP contribution < -0.4 is 15.4 Å². The standard InChI is InChI=1S/C16H17N3O3S/c1-9-14(23-8-17-9)16(21)19-13-6-5-11(22-2)7-12(13)15(20)18-10-3-4-10/h5-8,10H,3-4H2,1-2H3,(H,18,20)(H,19,21). The van der Waals surface area contributed by atoms with Crippen molar-refractivity contribution in [3.05, 3.63) is 39.8 Å². The average molecular weight is 331 g/mol. The van der Waals surface area contributed by atoms with E-state index in [2.05, 4.69) is 15.6 Å². The molecule has 7 heteroatoms. The molecule has 2 aromatic rings. The first kappa shape index (κ1) is 15.5. The molecule has 0 spiro atoms. The van der Waals surface area contributed by atoms with Crippen molar-refractivity contribution in [1.29, 1.82) is 0 Å². The minimum atomic E-state index is -0.268. The number of rotatable bonds is 5. The third-order valence-corrected chi connectivity index (χ3v) is 4.51. The van der Waals surface area contributed by atoms with Crippen LogP contribution >= 0.6 is 11.3 Å². The highest BCUT2D eigenvalue weighted by Gasteiger charge is 2.25. The monoisotopic (exact) mass is 331 g/mol. The van der Waals surface area contributed by atoms with E-state index in [4.69, 9.17) is 4.74 Å². The highest BCUT2D eigenvalue weighted by molar-refractivity contribution is 7.12. The number of nitrogens with one attached hydrogen (secondary N) is 2. The topological polar surface area (TPSA) is 80.3 Å². The molecule has 0 atom stereocenters. The van der Waals surface area contributed by atoms with Crippen LogP contribution in [0.15, 0.2) is 23.7 Å². The molecule has 3 rings (SSSR count). The molecule has 1 fully saturated rings. The number of hydrogen-bond acceptors (Lipinski definition) is 5. The SMILES string of the molecule is COc1ccc(NC(=O)c2scnc2C)c(C(=O)NC2CC2)c1. The zero-order valence-corrected chi connectivity index (χ0v) is 13.7. The summed E-state index contributed by atoms with van der Waals surface area (Å²) in [5.74, 6) is 0.0938. The lowest BCUT2D eigenvalue weighted by molar-refractivity contribution is 0.0951. The number of carbonyl (C=O) groups excluding carboxylic acids is 2. The first-order valence-corrected chi connectivity index (χ1v) is 8.17. The second kappa shape index (κ2) is 6.37. The van der Waals surface area contributed by atoms with E-state index in [1.807, 2.05) is 0 Å². The first-order chi connectivity index (χ1) is 11.1. The fourth-order valence-corrected chi connectivity index (χ4v) is 2.83. The number of thiazole rings is 1. The summed E-state index contributed by atoms with van der Waals surface area (Å²) in [6.45, 7) is 1.78. The van der Waals surface area contributed by atoms with Crippen molar-refractivity contribution in [2.24, 2.45) is 0 Å². The average Bonchev–Trinajstić information content (AvgIpc) is 3.25. The molecule has 1 aromatic carbocycles. The van der Waals surface area contributed by atoms with E-state index >= 15 is 0 Å². The van der Waals surface area contributed by atoms with Crippen LogP contribution in [-0.4, -0.2) is 29.9 Å². The van der Waals surface area contributed by atoms with Crippen LogP contribution in [0.25, 0.3) is 0 Å². The third-order valence-electron chi connectivity index (χ3n) is 3.58. The molecule has 2 N–H and O–H groups in total. The van der Waals surface area contributed by atoms with E-state index in [9.17, 15) is 9.59 Å². The number of aromatic nitrogens is 1. The van der Waals surface area contributed by atoms with Gasteiger partial charge >= 0.3 is 0 Å². The van der Waals surface area contributed by atoms with Gasteiger partial charge in [0.2, 0.25) is 0 Å². The third kappa shape index (κ3) is 3.50. The maximum atomic E-state index is 12.4.